The monoisotopic (exact) mass is 377 g/mol. The first-order valence-electron chi connectivity index (χ1n) is 8.39. The fourth-order valence-corrected chi connectivity index (χ4v) is 3.09. The Morgan fingerprint density at radius 3 is 1.93 bits per heavy atom. The number of carbonyl (C=O) groups is 3. The normalized spacial score (nSPS) is 12.9. The van der Waals surface area contributed by atoms with Gasteiger partial charge in [0.05, 0.1) is 30.9 Å². The lowest BCUT2D eigenvalue weighted by molar-refractivity contribution is -0.0584. The lowest BCUT2D eigenvalue weighted by atomic mass is 10.1. The number of ether oxygens (including phenoxy) is 2. The topological polar surface area (TPSA) is 82.1 Å². The molecule has 0 saturated heterocycles. The van der Waals surface area contributed by atoms with E-state index in [0.717, 1.165) is 10.8 Å². The van der Waals surface area contributed by atoms with Crippen LogP contribution in [0.1, 0.15) is 31.1 Å². The van der Waals surface area contributed by atoms with Crippen LogP contribution < -0.4 is 9.47 Å². The van der Waals surface area contributed by atoms with E-state index in [1.54, 1.807) is 42.5 Å². The van der Waals surface area contributed by atoms with E-state index in [-0.39, 0.29) is 16.7 Å². The zero-order valence-corrected chi connectivity index (χ0v) is 15.1. The summed E-state index contributed by atoms with van der Waals surface area (Å²) in [7, 11) is 3.06. The maximum Gasteiger partial charge on any atom is 0.363 e. The van der Waals surface area contributed by atoms with Crippen LogP contribution in [0.2, 0.25) is 0 Å². The zero-order chi connectivity index (χ0) is 19.8. The summed E-state index contributed by atoms with van der Waals surface area (Å²) >= 11 is 0. The van der Waals surface area contributed by atoms with Crippen molar-refractivity contribution < 1.29 is 28.7 Å². The van der Waals surface area contributed by atoms with Gasteiger partial charge in [-0.2, -0.15) is 0 Å². The highest BCUT2D eigenvalue weighted by Crippen LogP contribution is 2.32. The molecule has 0 saturated carbocycles. The third-order valence-corrected chi connectivity index (χ3v) is 4.51. The molecule has 1 aliphatic rings. The van der Waals surface area contributed by atoms with E-state index in [0.29, 0.717) is 16.6 Å². The maximum atomic E-state index is 12.5. The summed E-state index contributed by atoms with van der Waals surface area (Å²) in [6.45, 7) is 0. The molecule has 0 N–H and O–H groups in total. The minimum absolute atomic E-state index is 0.191. The van der Waals surface area contributed by atoms with E-state index < -0.39 is 17.8 Å². The molecule has 3 aromatic carbocycles. The molecule has 1 aliphatic heterocycles. The Hall–Kier alpha value is -3.87. The Morgan fingerprint density at radius 2 is 1.36 bits per heavy atom. The van der Waals surface area contributed by atoms with Crippen molar-refractivity contribution >= 4 is 28.6 Å². The molecule has 0 atom stereocenters. The van der Waals surface area contributed by atoms with Crippen molar-refractivity contribution in [3.8, 4) is 11.5 Å². The lowest BCUT2D eigenvalue weighted by Crippen LogP contribution is -2.32. The van der Waals surface area contributed by atoms with Gasteiger partial charge in [-0.1, -0.05) is 23.3 Å². The minimum Gasteiger partial charge on any atom is -0.493 e. The van der Waals surface area contributed by atoms with Crippen LogP contribution >= 0.6 is 0 Å². The van der Waals surface area contributed by atoms with Crippen LogP contribution in [0.5, 0.6) is 11.5 Å². The predicted octanol–water partition coefficient (Wildman–Crippen LogP) is 3.23. The highest BCUT2D eigenvalue weighted by Gasteiger charge is 2.38. The van der Waals surface area contributed by atoms with Crippen LogP contribution in [0, 0.1) is 0 Å². The molecule has 28 heavy (non-hydrogen) atoms. The summed E-state index contributed by atoms with van der Waals surface area (Å²) in [5.41, 5.74) is 0.600. The molecule has 0 radical (unpaired) electrons. The Kier molecular flexibility index (Phi) is 4.19. The van der Waals surface area contributed by atoms with Gasteiger partial charge >= 0.3 is 5.97 Å². The van der Waals surface area contributed by atoms with Crippen molar-refractivity contribution in [2.45, 2.75) is 0 Å². The van der Waals surface area contributed by atoms with E-state index in [4.69, 9.17) is 14.3 Å². The first-order valence-corrected chi connectivity index (χ1v) is 8.39. The molecule has 3 aromatic rings. The Labute approximate surface area is 160 Å². The van der Waals surface area contributed by atoms with Gasteiger partial charge in [0.2, 0.25) is 0 Å². The van der Waals surface area contributed by atoms with Gasteiger partial charge in [0.15, 0.2) is 11.5 Å². The van der Waals surface area contributed by atoms with Gasteiger partial charge in [-0.25, -0.2) is 4.79 Å². The summed E-state index contributed by atoms with van der Waals surface area (Å²) in [5, 5.41) is 2.04. The van der Waals surface area contributed by atoms with Gasteiger partial charge in [-0.05, 0) is 47.2 Å². The number of hydrogen-bond acceptors (Lipinski definition) is 6. The van der Waals surface area contributed by atoms with Crippen LogP contribution in [0.3, 0.4) is 0 Å². The van der Waals surface area contributed by atoms with Crippen molar-refractivity contribution in [1.82, 2.24) is 5.06 Å². The summed E-state index contributed by atoms with van der Waals surface area (Å²) in [5.74, 6) is -1.06. The number of carbonyl (C=O) groups excluding carboxylic acids is 3. The smallest absolute Gasteiger partial charge is 0.363 e. The molecule has 0 fully saturated rings. The second-order valence-electron chi connectivity index (χ2n) is 6.10. The van der Waals surface area contributed by atoms with Gasteiger partial charge in [-0.15, -0.1) is 0 Å². The van der Waals surface area contributed by atoms with Crippen LogP contribution in [0.25, 0.3) is 10.8 Å². The minimum atomic E-state index is -0.814. The fourth-order valence-electron chi connectivity index (χ4n) is 3.09. The molecule has 0 aromatic heterocycles. The molecular weight excluding hydrogens is 362 g/mol. The molecule has 0 bridgehead atoms. The number of benzene rings is 3. The number of hydroxylamine groups is 2. The number of amides is 2. The molecule has 0 aliphatic carbocycles. The van der Waals surface area contributed by atoms with Crippen molar-refractivity contribution in [3.63, 3.8) is 0 Å². The summed E-state index contributed by atoms with van der Waals surface area (Å²) < 4.78 is 10.5. The average Bonchev–Trinajstić information content (AvgIpc) is 2.97. The maximum absolute atomic E-state index is 12.5. The van der Waals surface area contributed by atoms with Crippen molar-refractivity contribution in [1.29, 1.82) is 0 Å². The zero-order valence-electron chi connectivity index (χ0n) is 15.1. The van der Waals surface area contributed by atoms with Crippen LogP contribution in [0.15, 0.2) is 54.6 Å². The van der Waals surface area contributed by atoms with Gasteiger partial charge in [0.25, 0.3) is 11.8 Å². The molecule has 1 heterocycles. The van der Waals surface area contributed by atoms with Gasteiger partial charge in [0, 0.05) is 0 Å². The Balaban J connectivity index is 1.63. The van der Waals surface area contributed by atoms with E-state index in [1.165, 1.54) is 26.4 Å². The summed E-state index contributed by atoms with van der Waals surface area (Å²) in [4.78, 5) is 42.3. The van der Waals surface area contributed by atoms with Crippen LogP contribution in [-0.2, 0) is 4.84 Å². The number of fused-ring (bicyclic) bond motifs is 2. The first-order chi connectivity index (χ1) is 13.5. The predicted molar refractivity (Wildman–Crippen MR) is 99.4 cm³/mol. The Bertz CT molecular complexity index is 1100. The van der Waals surface area contributed by atoms with E-state index in [2.05, 4.69) is 0 Å². The second-order valence-corrected chi connectivity index (χ2v) is 6.10. The van der Waals surface area contributed by atoms with Crippen molar-refractivity contribution in [2.75, 3.05) is 14.2 Å². The number of rotatable bonds is 4. The standard InChI is InChI=1S/C21H15NO6/c1-26-17-10-12-7-8-13(9-14(12)11-18(17)27-2)21(25)28-22-19(23)15-5-3-4-6-16(15)20(22)24/h3-11H,1-2H3. The SMILES string of the molecule is COc1cc2ccc(C(=O)ON3C(=O)c4ccccc4C3=O)cc2cc1OC. The summed E-state index contributed by atoms with van der Waals surface area (Å²) in [6, 6.07) is 14.7. The molecule has 7 heteroatoms. The van der Waals surface area contributed by atoms with Crippen molar-refractivity contribution in [3.05, 3.63) is 71.3 Å². The highest BCUT2D eigenvalue weighted by molar-refractivity contribution is 6.21. The average molecular weight is 377 g/mol. The molecule has 140 valence electrons. The largest absolute Gasteiger partial charge is 0.493 e. The van der Waals surface area contributed by atoms with Gasteiger partial charge in [0.1, 0.15) is 0 Å². The Morgan fingerprint density at radius 1 is 0.786 bits per heavy atom. The molecular formula is C21H15NO6. The molecule has 0 unspecified atom stereocenters. The van der Waals surface area contributed by atoms with E-state index >= 15 is 0 Å². The van der Waals surface area contributed by atoms with E-state index in [1.807, 2.05) is 0 Å². The highest BCUT2D eigenvalue weighted by atomic mass is 16.7. The summed E-state index contributed by atoms with van der Waals surface area (Å²) in [6.07, 6.45) is 0. The lowest BCUT2D eigenvalue weighted by Gasteiger charge is -2.13. The van der Waals surface area contributed by atoms with Crippen LogP contribution in [-0.4, -0.2) is 37.1 Å². The van der Waals surface area contributed by atoms with Crippen molar-refractivity contribution in [2.24, 2.45) is 0 Å². The molecule has 4 rings (SSSR count). The fraction of sp³-hybridized carbons (Fsp3) is 0.0952. The third kappa shape index (κ3) is 2.73. The number of nitrogens with zero attached hydrogens (tertiary/aromatic N) is 1. The molecule has 7 nitrogen and oxygen atoms in total. The first kappa shape index (κ1) is 17.5. The third-order valence-electron chi connectivity index (χ3n) is 4.51. The molecule has 2 amide bonds. The van der Waals surface area contributed by atoms with Gasteiger partial charge in [-0.3, -0.25) is 9.59 Å². The van der Waals surface area contributed by atoms with E-state index in [9.17, 15) is 14.4 Å². The number of hydrogen-bond donors (Lipinski definition) is 0. The van der Waals surface area contributed by atoms with Gasteiger partial charge < -0.3 is 14.3 Å². The van der Waals surface area contributed by atoms with Crippen LogP contribution in [0.4, 0.5) is 0 Å². The number of methoxy groups -OCH3 is 2. The quantitative estimate of drug-likeness (QED) is 0.650. The molecule has 0 spiro atoms. The number of imide groups is 1. The second kappa shape index (κ2) is 6.70.